The Morgan fingerprint density at radius 3 is 2.50 bits per heavy atom. The summed E-state index contributed by atoms with van der Waals surface area (Å²) in [5.74, 6) is 0.636. The summed E-state index contributed by atoms with van der Waals surface area (Å²) in [6.45, 7) is 14.8. The Morgan fingerprint density at radius 2 is 1.79 bits per heavy atom. The SMILES string of the molecule is C=CC1=NC2C(C=C)C(CC(C)/C=c3/oc4nc(-c5ccccc5)ccc4/c3=C/C)(N(C)/C=C\C)C2c2ccccc21. The second kappa shape index (κ2) is 11.1. The van der Waals surface area contributed by atoms with E-state index >= 15 is 0 Å². The molecule has 0 N–H and O–H groups in total. The van der Waals surface area contributed by atoms with Gasteiger partial charge in [-0.15, -0.1) is 6.58 Å². The molecule has 4 heteroatoms. The van der Waals surface area contributed by atoms with Gasteiger partial charge in [-0.1, -0.05) is 86.3 Å². The molecule has 6 rings (SSSR count). The van der Waals surface area contributed by atoms with Crippen molar-refractivity contribution in [3.05, 3.63) is 126 Å². The molecular formula is C38H39N3O. The van der Waals surface area contributed by atoms with Gasteiger partial charge in [0.1, 0.15) is 5.42 Å². The van der Waals surface area contributed by atoms with E-state index in [2.05, 4.69) is 125 Å². The molecule has 5 unspecified atom stereocenters. The lowest BCUT2D eigenvalue weighted by atomic mass is 9.48. The maximum absolute atomic E-state index is 6.46. The number of fused-ring (bicyclic) bond motifs is 4. The summed E-state index contributed by atoms with van der Waals surface area (Å²) < 4.78 is 6.46. The van der Waals surface area contributed by atoms with Gasteiger partial charge in [0.2, 0.25) is 5.71 Å². The molecule has 4 nitrogen and oxygen atoms in total. The van der Waals surface area contributed by atoms with Gasteiger partial charge in [-0.05, 0) is 62.2 Å². The third kappa shape index (κ3) is 4.28. The Hall–Kier alpha value is -4.44. The zero-order chi connectivity index (χ0) is 29.4. The van der Waals surface area contributed by atoms with Crippen molar-refractivity contribution in [2.24, 2.45) is 16.8 Å². The molecule has 1 aliphatic carbocycles. The number of allylic oxidation sites excluding steroid dienone is 2. The highest BCUT2D eigenvalue weighted by atomic mass is 16.3. The molecule has 1 fully saturated rings. The van der Waals surface area contributed by atoms with Crippen molar-refractivity contribution in [1.82, 2.24) is 9.88 Å². The Morgan fingerprint density at radius 1 is 1.02 bits per heavy atom. The third-order valence-corrected chi connectivity index (χ3v) is 9.23. The lowest BCUT2D eigenvalue weighted by Gasteiger charge is -2.65. The topological polar surface area (TPSA) is 41.6 Å². The molecule has 42 heavy (non-hydrogen) atoms. The summed E-state index contributed by atoms with van der Waals surface area (Å²) in [6, 6.07) is 23.3. The van der Waals surface area contributed by atoms with Crippen molar-refractivity contribution >= 4 is 29.0 Å². The molecule has 0 spiro atoms. The number of furan rings is 1. The van der Waals surface area contributed by atoms with Crippen LogP contribution in [0, 0.1) is 11.8 Å². The quantitative estimate of drug-likeness (QED) is 0.216. The van der Waals surface area contributed by atoms with Gasteiger partial charge in [0, 0.05) is 40.6 Å². The minimum Gasteiger partial charge on any atom is -0.438 e. The summed E-state index contributed by atoms with van der Waals surface area (Å²) in [5.41, 5.74) is 6.86. The molecule has 2 aromatic carbocycles. The van der Waals surface area contributed by atoms with Crippen LogP contribution in [0.2, 0.25) is 0 Å². The smallest absolute Gasteiger partial charge is 0.227 e. The first kappa shape index (κ1) is 27.7. The van der Waals surface area contributed by atoms with Crippen LogP contribution in [0.3, 0.4) is 0 Å². The molecule has 1 aliphatic heterocycles. The van der Waals surface area contributed by atoms with E-state index < -0.39 is 0 Å². The zero-order valence-corrected chi connectivity index (χ0v) is 25.0. The average molecular weight is 554 g/mol. The molecule has 0 saturated heterocycles. The van der Waals surface area contributed by atoms with Crippen molar-refractivity contribution in [3.8, 4) is 11.3 Å². The summed E-state index contributed by atoms with van der Waals surface area (Å²) >= 11 is 0. The molecule has 212 valence electrons. The van der Waals surface area contributed by atoms with Crippen molar-refractivity contribution in [1.29, 1.82) is 0 Å². The fraction of sp³-hybridized carbons (Fsp3) is 0.263. The predicted molar refractivity (Wildman–Crippen MR) is 176 cm³/mol. The van der Waals surface area contributed by atoms with Crippen LogP contribution in [0.1, 0.15) is 44.2 Å². The number of aromatic nitrogens is 1. The van der Waals surface area contributed by atoms with E-state index in [0.29, 0.717) is 5.71 Å². The van der Waals surface area contributed by atoms with E-state index in [1.807, 2.05) is 24.3 Å². The summed E-state index contributed by atoms with van der Waals surface area (Å²) in [4.78, 5) is 12.5. The summed E-state index contributed by atoms with van der Waals surface area (Å²) in [7, 11) is 2.20. The van der Waals surface area contributed by atoms with Crippen LogP contribution in [0.5, 0.6) is 0 Å². The largest absolute Gasteiger partial charge is 0.438 e. The van der Waals surface area contributed by atoms with E-state index in [1.54, 1.807) is 0 Å². The second-order valence-electron chi connectivity index (χ2n) is 11.6. The molecule has 1 saturated carbocycles. The molecule has 0 amide bonds. The fourth-order valence-electron chi connectivity index (χ4n) is 7.50. The Balaban J connectivity index is 1.43. The van der Waals surface area contributed by atoms with Crippen LogP contribution in [0.25, 0.3) is 34.5 Å². The van der Waals surface area contributed by atoms with Crippen LogP contribution in [0.15, 0.2) is 114 Å². The van der Waals surface area contributed by atoms with E-state index in [-0.39, 0.29) is 29.3 Å². The molecule has 5 atom stereocenters. The average Bonchev–Trinajstić information content (AvgIpc) is 3.35. The van der Waals surface area contributed by atoms with Gasteiger partial charge in [0.05, 0.1) is 23.0 Å². The molecule has 0 bridgehead atoms. The molecule has 0 radical (unpaired) electrons. The van der Waals surface area contributed by atoms with Crippen molar-refractivity contribution < 1.29 is 4.42 Å². The van der Waals surface area contributed by atoms with Gasteiger partial charge >= 0.3 is 0 Å². The number of pyridine rings is 1. The van der Waals surface area contributed by atoms with Crippen molar-refractivity contribution in [2.75, 3.05) is 7.05 Å². The van der Waals surface area contributed by atoms with Crippen molar-refractivity contribution in [2.45, 2.75) is 44.7 Å². The number of benzene rings is 2. The maximum atomic E-state index is 6.46. The number of rotatable bonds is 8. The van der Waals surface area contributed by atoms with Crippen LogP contribution in [-0.4, -0.2) is 34.2 Å². The van der Waals surface area contributed by atoms with E-state index in [1.165, 1.54) is 11.1 Å². The van der Waals surface area contributed by atoms with Crippen molar-refractivity contribution in [3.63, 3.8) is 0 Å². The lowest BCUT2D eigenvalue weighted by Crippen LogP contribution is -2.70. The first-order valence-corrected chi connectivity index (χ1v) is 14.9. The molecule has 3 heterocycles. The third-order valence-electron chi connectivity index (χ3n) is 9.23. The standard InChI is InChI=1S/C38H39N3O/c1-7-22-41(6)38(31(9-3)36-35(38)29-19-15-14-18-28(29)32(10-4)39-36)24-25(5)23-34-27(8-2)30-20-21-33(40-37(30)42-34)26-16-12-11-13-17-26/h7-23,25,31,35-36H,3-4,24H2,1-2,5-6H3/b22-7-,27-8-,34-23+. The number of likely N-dealkylation sites (N-methyl/N-ethyl adjacent to an activating group) is 1. The summed E-state index contributed by atoms with van der Waals surface area (Å²) in [6.07, 6.45) is 13.7. The van der Waals surface area contributed by atoms with Crippen LogP contribution in [0.4, 0.5) is 0 Å². The van der Waals surface area contributed by atoms with Gasteiger partial charge in [-0.2, -0.15) is 0 Å². The van der Waals surface area contributed by atoms with Gasteiger partial charge in [0.25, 0.3) is 0 Å². The first-order chi connectivity index (χ1) is 20.5. The van der Waals surface area contributed by atoms with Gasteiger partial charge in [0.15, 0.2) is 0 Å². The van der Waals surface area contributed by atoms with Gasteiger partial charge in [-0.3, -0.25) is 4.99 Å². The zero-order valence-electron chi connectivity index (χ0n) is 25.0. The van der Waals surface area contributed by atoms with E-state index in [0.717, 1.165) is 39.4 Å². The monoisotopic (exact) mass is 553 g/mol. The summed E-state index contributed by atoms with van der Waals surface area (Å²) in [5, 5.41) is 2.13. The lowest BCUT2D eigenvalue weighted by molar-refractivity contribution is -0.0361. The van der Waals surface area contributed by atoms with Crippen LogP contribution >= 0.6 is 0 Å². The highest BCUT2D eigenvalue weighted by Crippen LogP contribution is 2.60. The highest BCUT2D eigenvalue weighted by molar-refractivity contribution is 6.10. The number of nitrogens with zero attached hydrogens (tertiary/aromatic N) is 3. The van der Waals surface area contributed by atoms with E-state index in [4.69, 9.17) is 14.4 Å². The Kier molecular flexibility index (Phi) is 7.32. The predicted octanol–water partition coefficient (Wildman–Crippen LogP) is 7.26. The molecule has 4 aromatic rings. The Bertz CT molecular complexity index is 1830. The fourth-order valence-corrected chi connectivity index (χ4v) is 7.50. The minimum atomic E-state index is -0.192. The van der Waals surface area contributed by atoms with Crippen LogP contribution < -0.4 is 10.6 Å². The number of hydrogen-bond acceptors (Lipinski definition) is 4. The van der Waals surface area contributed by atoms with Gasteiger partial charge in [-0.25, -0.2) is 4.98 Å². The molecule has 2 aromatic heterocycles. The Labute approximate surface area is 248 Å². The first-order valence-electron chi connectivity index (χ1n) is 14.9. The second-order valence-corrected chi connectivity index (χ2v) is 11.6. The van der Waals surface area contributed by atoms with Gasteiger partial charge < -0.3 is 9.32 Å². The number of hydrogen-bond donors (Lipinski definition) is 0. The number of aliphatic imine (C=N–C) groups is 1. The minimum absolute atomic E-state index is 0.136. The maximum Gasteiger partial charge on any atom is 0.227 e. The molecular weight excluding hydrogens is 514 g/mol. The molecule has 2 aliphatic rings. The highest BCUT2D eigenvalue weighted by Gasteiger charge is 2.64. The normalized spacial score (nSPS) is 24.6. The van der Waals surface area contributed by atoms with Crippen LogP contribution in [-0.2, 0) is 0 Å². The van der Waals surface area contributed by atoms with E-state index in [9.17, 15) is 0 Å².